The normalized spacial score (nSPS) is 26.6. The summed E-state index contributed by atoms with van der Waals surface area (Å²) < 4.78 is 64.9. The molecule has 0 radical (unpaired) electrons. The fourth-order valence-corrected chi connectivity index (χ4v) is 6.03. The third-order valence-electron chi connectivity index (χ3n) is 6.89. The highest BCUT2D eigenvalue weighted by Gasteiger charge is 2.67. The molecule has 11 heteroatoms. The molecule has 1 saturated carbocycles. The zero-order chi connectivity index (χ0) is 26.4. The van der Waals surface area contributed by atoms with Crippen molar-refractivity contribution in [2.75, 3.05) is 6.54 Å². The maximum absolute atomic E-state index is 15.1. The second kappa shape index (κ2) is 10.4. The molecule has 4 atom stereocenters. The number of carbonyl (C=O) groups is 1. The number of rotatable bonds is 4. The van der Waals surface area contributed by atoms with Crippen molar-refractivity contribution in [2.24, 2.45) is 16.8 Å². The second-order valence-corrected chi connectivity index (χ2v) is 11.4. The van der Waals surface area contributed by atoms with Gasteiger partial charge in [-0.15, -0.1) is 0 Å². The van der Waals surface area contributed by atoms with Crippen molar-refractivity contribution in [1.29, 1.82) is 0 Å². The summed E-state index contributed by atoms with van der Waals surface area (Å²) in [6, 6.07) is 5.80. The smallest absolute Gasteiger partial charge is 0.401 e. The Hall–Kier alpha value is -1.35. The van der Waals surface area contributed by atoms with Crippen LogP contribution in [0.25, 0.3) is 0 Å². The Morgan fingerprint density at radius 3 is 2.39 bits per heavy atom. The van der Waals surface area contributed by atoms with Gasteiger partial charge in [0.25, 0.3) is 0 Å². The summed E-state index contributed by atoms with van der Waals surface area (Å²) in [7, 11) is 0. The first-order valence-corrected chi connectivity index (χ1v) is 13.2. The van der Waals surface area contributed by atoms with Crippen LogP contribution in [0.2, 0.25) is 15.1 Å². The SMILES string of the molecule is CC1CCCC(OC(=O)[C@H]2C(c3ccc(F)c(Br)c3)=NCC2(c2cc(Cl)c(Cl)c(Cl)c2)C(F)(F)F)C1. The van der Waals surface area contributed by atoms with Crippen LogP contribution in [-0.4, -0.2) is 30.5 Å². The highest BCUT2D eigenvalue weighted by molar-refractivity contribution is 9.10. The lowest BCUT2D eigenvalue weighted by atomic mass is 9.68. The standard InChI is InChI=1S/C25H21BrCl3F4NO2/c1-12-3-2-4-15(7-12)36-23(35)20-22(13-5-6-19(30)16(26)8-13)34-11-24(20,25(31,32)33)14-9-17(27)21(29)18(28)10-14/h5-6,8-10,12,15,20H,2-4,7,11H2,1H3/t12?,15?,20-,24?/m1/s1. The Balaban J connectivity index is 1.87. The third-order valence-corrected chi connectivity index (χ3v) is 8.70. The van der Waals surface area contributed by atoms with E-state index in [1.165, 1.54) is 12.1 Å². The number of carbonyl (C=O) groups excluding carboxylic acids is 1. The molecule has 2 aromatic rings. The molecular formula is C25H21BrCl3F4NO2. The average molecular weight is 630 g/mol. The third kappa shape index (κ3) is 5.03. The Labute approximate surface area is 229 Å². The summed E-state index contributed by atoms with van der Waals surface area (Å²) >= 11 is 21.3. The molecule has 3 nitrogen and oxygen atoms in total. The van der Waals surface area contributed by atoms with Gasteiger partial charge in [-0.05, 0) is 76.5 Å². The van der Waals surface area contributed by atoms with Crippen LogP contribution in [0.5, 0.6) is 0 Å². The molecule has 2 aliphatic rings. The molecule has 1 heterocycles. The zero-order valence-electron chi connectivity index (χ0n) is 18.9. The number of esters is 1. The number of hydrogen-bond acceptors (Lipinski definition) is 3. The molecule has 1 aliphatic heterocycles. The van der Waals surface area contributed by atoms with Crippen LogP contribution in [0.3, 0.4) is 0 Å². The lowest BCUT2D eigenvalue weighted by molar-refractivity contribution is -0.203. The highest BCUT2D eigenvalue weighted by atomic mass is 79.9. The highest BCUT2D eigenvalue weighted by Crippen LogP contribution is 2.53. The van der Waals surface area contributed by atoms with E-state index in [2.05, 4.69) is 20.9 Å². The molecule has 194 valence electrons. The van der Waals surface area contributed by atoms with Gasteiger partial charge in [0.05, 0.1) is 31.8 Å². The van der Waals surface area contributed by atoms with Gasteiger partial charge in [-0.2, -0.15) is 13.2 Å². The van der Waals surface area contributed by atoms with Gasteiger partial charge in [0.1, 0.15) is 23.3 Å². The van der Waals surface area contributed by atoms with Crippen LogP contribution in [-0.2, 0) is 14.9 Å². The molecule has 0 aromatic heterocycles. The lowest BCUT2D eigenvalue weighted by Crippen LogP contribution is -2.54. The predicted molar refractivity (Wildman–Crippen MR) is 136 cm³/mol. The van der Waals surface area contributed by atoms with Gasteiger partial charge in [-0.3, -0.25) is 9.79 Å². The number of hydrogen-bond donors (Lipinski definition) is 0. The molecule has 0 bridgehead atoms. The van der Waals surface area contributed by atoms with Gasteiger partial charge < -0.3 is 4.74 Å². The topological polar surface area (TPSA) is 38.7 Å². The Bertz CT molecular complexity index is 1200. The molecule has 0 N–H and O–H groups in total. The molecule has 2 aromatic carbocycles. The fraction of sp³-hybridized carbons (Fsp3) is 0.440. The van der Waals surface area contributed by atoms with E-state index in [0.717, 1.165) is 31.0 Å². The minimum absolute atomic E-state index is 0.0259. The van der Waals surface area contributed by atoms with Crippen LogP contribution in [0, 0.1) is 17.7 Å². The lowest BCUT2D eigenvalue weighted by Gasteiger charge is -2.38. The van der Waals surface area contributed by atoms with Crippen LogP contribution in [0.4, 0.5) is 17.6 Å². The van der Waals surface area contributed by atoms with E-state index >= 15 is 13.2 Å². The van der Waals surface area contributed by atoms with Crippen molar-refractivity contribution in [1.82, 2.24) is 0 Å². The van der Waals surface area contributed by atoms with Gasteiger partial charge in [0.2, 0.25) is 0 Å². The van der Waals surface area contributed by atoms with E-state index < -0.39 is 41.9 Å². The van der Waals surface area contributed by atoms with Crippen LogP contribution >= 0.6 is 50.7 Å². The van der Waals surface area contributed by atoms with Crippen molar-refractivity contribution in [3.8, 4) is 0 Å². The molecular weight excluding hydrogens is 609 g/mol. The number of nitrogens with zero attached hydrogens (tertiary/aromatic N) is 1. The molecule has 3 unspecified atom stereocenters. The van der Waals surface area contributed by atoms with E-state index in [1.54, 1.807) is 0 Å². The number of ether oxygens (including phenoxy) is 1. The van der Waals surface area contributed by atoms with E-state index in [9.17, 15) is 9.18 Å². The Morgan fingerprint density at radius 1 is 1.14 bits per heavy atom. The molecule has 0 spiro atoms. The summed E-state index contributed by atoms with van der Waals surface area (Å²) in [5, 5.41) is -0.473. The van der Waals surface area contributed by atoms with Crippen LogP contribution < -0.4 is 0 Å². The number of benzene rings is 2. The first kappa shape index (κ1) is 27.7. The van der Waals surface area contributed by atoms with E-state index in [0.29, 0.717) is 12.8 Å². The molecule has 1 fully saturated rings. The van der Waals surface area contributed by atoms with E-state index in [-0.39, 0.29) is 42.3 Å². The largest absolute Gasteiger partial charge is 0.462 e. The summed E-state index contributed by atoms with van der Waals surface area (Å²) in [5.41, 5.74) is -3.16. The molecule has 0 saturated heterocycles. The van der Waals surface area contributed by atoms with Crippen molar-refractivity contribution in [3.05, 3.63) is 66.8 Å². The molecule has 4 rings (SSSR count). The minimum Gasteiger partial charge on any atom is -0.462 e. The number of halogens is 8. The average Bonchev–Trinajstić information content (AvgIpc) is 3.21. The molecule has 1 aliphatic carbocycles. The van der Waals surface area contributed by atoms with Gasteiger partial charge in [0, 0.05) is 0 Å². The van der Waals surface area contributed by atoms with Crippen LogP contribution in [0.1, 0.15) is 43.7 Å². The van der Waals surface area contributed by atoms with Crippen molar-refractivity contribution >= 4 is 62.4 Å². The second-order valence-electron chi connectivity index (χ2n) is 9.32. The molecule has 0 amide bonds. The first-order valence-electron chi connectivity index (χ1n) is 11.3. The summed E-state index contributed by atoms with van der Waals surface area (Å²) in [6.45, 7) is 1.20. The molecule has 36 heavy (non-hydrogen) atoms. The van der Waals surface area contributed by atoms with E-state index in [1.807, 2.05) is 6.92 Å². The summed E-state index contributed by atoms with van der Waals surface area (Å²) in [6.07, 6.45) is -2.57. The number of alkyl halides is 3. The quantitative estimate of drug-likeness (QED) is 0.193. The zero-order valence-corrected chi connectivity index (χ0v) is 22.8. The van der Waals surface area contributed by atoms with Gasteiger partial charge >= 0.3 is 12.1 Å². The predicted octanol–water partition coefficient (Wildman–Crippen LogP) is 8.59. The number of aliphatic imine (C=N–C) groups is 1. The van der Waals surface area contributed by atoms with Gasteiger partial charge in [-0.1, -0.05) is 54.2 Å². The fourth-order valence-electron chi connectivity index (χ4n) is 5.06. The summed E-state index contributed by atoms with van der Waals surface area (Å²) in [4.78, 5) is 17.8. The monoisotopic (exact) mass is 627 g/mol. The van der Waals surface area contributed by atoms with Crippen molar-refractivity contribution in [3.63, 3.8) is 0 Å². The van der Waals surface area contributed by atoms with Gasteiger partial charge in [-0.25, -0.2) is 4.39 Å². The first-order chi connectivity index (χ1) is 16.8. The van der Waals surface area contributed by atoms with Crippen molar-refractivity contribution in [2.45, 2.75) is 50.3 Å². The maximum atomic E-state index is 15.1. The van der Waals surface area contributed by atoms with Crippen LogP contribution in [0.15, 0.2) is 39.8 Å². The Kier molecular flexibility index (Phi) is 8.02. The van der Waals surface area contributed by atoms with Crippen molar-refractivity contribution < 1.29 is 27.1 Å². The minimum atomic E-state index is -4.96. The maximum Gasteiger partial charge on any atom is 0.401 e. The van der Waals surface area contributed by atoms with Gasteiger partial charge in [0.15, 0.2) is 0 Å². The van der Waals surface area contributed by atoms with E-state index in [4.69, 9.17) is 39.5 Å². The summed E-state index contributed by atoms with van der Waals surface area (Å²) in [5.74, 6) is -3.25. The Morgan fingerprint density at radius 2 is 1.81 bits per heavy atom.